The molecule has 4 heteroatoms. The van der Waals surface area contributed by atoms with Crippen LogP contribution in [0.4, 0.5) is 0 Å². The van der Waals surface area contributed by atoms with Gasteiger partial charge in [-0.2, -0.15) is 0 Å². The van der Waals surface area contributed by atoms with Crippen molar-refractivity contribution in [2.45, 2.75) is 27.2 Å². The normalized spacial score (nSPS) is 16.8. The Morgan fingerprint density at radius 3 is 2.61 bits per heavy atom. The topological polar surface area (TPSA) is 38.8 Å². The predicted octanol–water partition coefficient (Wildman–Crippen LogP) is 1.30. The SMILES string of the molecule is CCOC(=O)C(C)(C)CC#CCN1CCOCC1. The van der Waals surface area contributed by atoms with Crippen LogP contribution in [-0.2, 0) is 14.3 Å². The van der Waals surface area contributed by atoms with Crippen molar-refractivity contribution < 1.29 is 14.3 Å². The third kappa shape index (κ3) is 5.07. The first-order valence-electron chi connectivity index (χ1n) is 6.49. The Morgan fingerprint density at radius 1 is 1.33 bits per heavy atom. The Kier molecular flexibility index (Phi) is 6.17. The van der Waals surface area contributed by atoms with Crippen molar-refractivity contribution in [1.82, 2.24) is 4.90 Å². The molecule has 18 heavy (non-hydrogen) atoms. The van der Waals surface area contributed by atoms with E-state index < -0.39 is 5.41 Å². The van der Waals surface area contributed by atoms with Crippen LogP contribution in [0.5, 0.6) is 0 Å². The van der Waals surface area contributed by atoms with Crippen molar-refractivity contribution >= 4 is 5.97 Å². The molecule has 1 aliphatic heterocycles. The average molecular weight is 253 g/mol. The van der Waals surface area contributed by atoms with Crippen molar-refractivity contribution in [3.63, 3.8) is 0 Å². The number of nitrogens with zero attached hydrogens (tertiary/aromatic N) is 1. The molecule has 0 spiro atoms. The minimum Gasteiger partial charge on any atom is -0.466 e. The van der Waals surface area contributed by atoms with Gasteiger partial charge in [-0.1, -0.05) is 5.92 Å². The summed E-state index contributed by atoms with van der Waals surface area (Å²) in [5, 5.41) is 0. The van der Waals surface area contributed by atoms with Gasteiger partial charge in [-0.05, 0) is 20.8 Å². The fourth-order valence-corrected chi connectivity index (χ4v) is 1.61. The van der Waals surface area contributed by atoms with Crippen molar-refractivity contribution in [3.05, 3.63) is 0 Å². The highest BCUT2D eigenvalue weighted by atomic mass is 16.5. The van der Waals surface area contributed by atoms with Gasteiger partial charge in [-0.3, -0.25) is 9.69 Å². The molecule has 0 saturated carbocycles. The Hall–Kier alpha value is -1.05. The first kappa shape index (κ1) is 15.0. The molecule has 1 aliphatic rings. The summed E-state index contributed by atoms with van der Waals surface area (Å²) in [4.78, 5) is 13.9. The quantitative estimate of drug-likeness (QED) is 0.559. The van der Waals surface area contributed by atoms with E-state index in [0.717, 1.165) is 32.8 Å². The van der Waals surface area contributed by atoms with Crippen LogP contribution in [0.1, 0.15) is 27.2 Å². The van der Waals surface area contributed by atoms with Crippen LogP contribution < -0.4 is 0 Å². The first-order chi connectivity index (χ1) is 8.56. The minimum absolute atomic E-state index is 0.175. The van der Waals surface area contributed by atoms with E-state index in [9.17, 15) is 4.79 Å². The number of rotatable bonds is 4. The summed E-state index contributed by atoms with van der Waals surface area (Å²) in [6.07, 6.45) is 0.538. The van der Waals surface area contributed by atoms with Gasteiger partial charge < -0.3 is 9.47 Å². The number of carbonyl (C=O) groups is 1. The molecule has 0 N–H and O–H groups in total. The van der Waals surface area contributed by atoms with E-state index in [4.69, 9.17) is 9.47 Å². The fourth-order valence-electron chi connectivity index (χ4n) is 1.61. The zero-order chi connectivity index (χ0) is 13.4. The summed E-state index contributed by atoms with van der Waals surface area (Å²) in [5.41, 5.74) is -0.520. The van der Waals surface area contributed by atoms with E-state index >= 15 is 0 Å². The van der Waals surface area contributed by atoms with Gasteiger partial charge in [0.1, 0.15) is 0 Å². The molecule has 0 bridgehead atoms. The van der Waals surface area contributed by atoms with Crippen LogP contribution in [-0.4, -0.2) is 50.3 Å². The van der Waals surface area contributed by atoms with Crippen molar-refractivity contribution in [1.29, 1.82) is 0 Å². The fraction of sp³-hybridized carbons (Fsp3) is 0.786. The summed E-state index contributed by atoms with van der Waals surface area (Å²) in [5.74, 6) is 6.02. The summed E-state index contributed by atoms with van der Waals surface area (Å²) in [6, 6.07) is 0. The smallest absolute Gasteiger partial charge is 0.312 e. The largest absolute Gasteiger partial charge is 0.466 e. The summed E-state index contributed by atoms with van der Waals surface area (Å²) < 4.78 is 10.3. The van der Waals surface area contributed by atoms with E-state index in [1.54, 1.807) is 0 Å². The maximum absolute atomic E-state index is 11.6. The van der Waals surface area contributed by atoms with E-state index in [-0.39, 0.29) is 5.97 Å². The molecule has 0 aromatic heterocycles. The molecule has 0 atom stereocenters. The maximum atomic E-state index is 11.6. The lowest BCUT2D eigenvalue weighted by Crippen LogP contribution is -2.36. The third-order valence-corrected chi connectivity index (χ3v) is 2.89. The number of hydrogen-bond acceptors (Lipinski definition) is 4. The molecule has 0 aromatic rings. The Morgan fingerprint density at radius 2 is 2.00 bits per heavy atom. The maximum Gasteiger partial charge on any atom is 0.312 e. The summed E-state index contributed by atoms with van der Waals surface area (Å²) in [6.45, 7) is 10.2. The van der Waals surface area contributed by atoms with Crippen LogP contribution in [0.25, 0.3) is 0 Å². The van der Waals surface area contributed by atoms with Crippen molar-refractivity contribution in [2.24, 2.45) is 5.41 Å². The second-order valence-corrected chi connectivity index (χ2v) is 5.02. The van der Waals surface area contributed by atoms with Gasteiger partial charge in [0.2, 0.25) is 0 Å². The number of hydrogen-bond donors (Lipinski definition) is 0. The monoisotopic (exact) mass is 253 g/mol. The molecule has 0 amide bonds. The van der Waals surface area contributed by atoms with Crippen LogP contribution >= 0.6 is 0 Å². The summed E-state index contributed by atoms with van der Waals surface area (Å²) in [7, 11) is 0. The zero-order valence-electron chi connectivity index (χ0n) is 11.6. The number of morpholine rings is 1. The highest BCUT2D eigenvalue weighted by Crippen LogP contribution is 2.21. The molecule has 1 saturated heterocycles. The van der Waals surface area contributed by atoms with Crippen molar-refractivity contribution in [3.8, 4) is 11.8 Å². The van der Waals surface area contributed by atoms with Gasteiger partial charge in [-0.15, -0.1) is 5.92 Å². The lowest BCUT2D eigenvalue weighted by atomic mass is 9.90. The highest BCUT2D eigenvalue weighted by molar-refractivity contribution is 5.76. The van der Waals surface area contributed by atoms with Crippen LogP contribution in [0.2, 0.25) is 0 Å². The lowest BCUT2D eigenvalue weighted by Gasteiger charge is -2.24. The van der Waals surface area contributed by atoms with Gasteiger partial charge in [0.05, 0.1) is 31.8 Å². The van der Waals surface area contributed by atoms with Gasteiger partial charge in [-0.25, -0.2) is 0 Å². The lowest BCUT2D eigenvalue weighted by molar-refractivity contribution is -0.153. The molecule has 4 nitrogen and oxygen atoms in total. The molecule has 0 aliphatic carbocycles. The standard InChI is InChI=1S/C14H23NO3/c1-4-18-13(16)14(2,3)7-5-6-8-15-9-11-17-12-10-15/h4,7-12H2,1-3H3. The molecule has 0 radical (unpaired) electrons. The van der Waals surface area contributed by atoms with E-state index in [1.807, 2.05) is 20.8 Å². The molecule has 0 unspecified atom stereocenters. The molecule has 1 fully saturated rings. The van der Waals surface area contributed by atoms with Crippen LogP contribution in [0, 0.1) is 17.3 Å². The first-order valence-corrected chi connectivity index (χ1v) is 6.49. The Bertz CT molecular complexity index is 322. The van der Waals surface area contributed by atoms with Gasteiger partial charge in [0.25, 0.3) is 0 Å². The second kappa shape index (κ2) is 7.40. The van der Waals surface area contributed by atoms with Gasteiger partial charge in [0.15, 0.2) is 0 Å². The Labute approximate surface area is 110 Å². The number of carbonyl (C=O) groups excluding carboxylic acids is 1. The van der Waals surface area contributed by atoms with E-state index in [1.165, 1.54) is 0 Å². The average Bonchev–Trinajstić information content (AvgIpc) is 2.36. The number of ether oxygens (including phenoxy) is 2. The van der Waals surface area contributed by atoms with Gasteiger partial charge in [0, 0.05) is 19.5 Å². The summed E-state index contributed by atoms with van der Waals surface area (Å²) >= 11 is 0. The molecular weight excluding hydrogens is 230 g/mol. The molecular formula is C14H23NO3. The number of esters is 1. The molecule has 1 heterocycles. The minimum atomic E-state index is -0.520. The van der Waals surface area contributed by atoms with E-state index in [2.05, 4.69) is 16.7 Å². The molecule has 0 aromatic carbocycles. The molecule has 102 valence electrons. The predicted molar refractivity (Wildman–Crippen MR) is 70.1 cm³/mol. The van der Waals surface area contributed by atoms with Gasteiger partial charge >= 0.3 is 5.97 Å². The third-order valence-electron chi connectivity index (χ3n) is 2.89. The van der Waals surface area contributed by atoms with Crippen molar-refractivity contribution in [2.75, 3.05) is 39.5 Å². The highest BCUT2D eigenvalue weighted by Gasteiger charge is 2.27. The van der Waals surface area contributed by atoms with Crippen LogP contribution in [0.3, 0.4) is 0 Å². The Balaban J connectivity index is 2.32. The van der Waals surface area contributed by atoms with E-state index in [0.29, 0.717) is 13.0 Å². The second-order valence-electron chi connectivity index (χ2n) is 5.02. The zero-order valence-corrected chi connectivity index (χ0v) is 11.6. The van der Waals surface area contributed by atoms with Crippen LogP contribution in [0.15, 0.2) is 0 Å². The molecule has 1 rings (SSSR count).